The number of aromatic nitrogens is 3. The van der Waals surface area contributed by atoms with E-state index in [-0.39, 0.29) is 5.82 Å². The van der Waals surface area contributed by atoms with Crippen LogP contribution in [0.4, 0.5) is 5.82 Å². The number of hydrogen-bond donors (Lipinski definition) is 0. The largest absolute Gasteiger partial charge is 0.367 e. The van der Waals surface area contributed by atoms with E-state index in [0.29, 0.717) is 5.69 Å². The molecule has 1 aromatic heterocycles. The van der Waals surface area contributed by atoms with Crippen LogP contribution in [-0.4, -0.2) is 19.9 Å². The fraction of sp³-hybridized carbons (Fsp3) is 0.500. The lowest BCUT2D eigenvalue weighted by Crippen LogP contribution is -1.98. The lowest BCUT2D eigenvalue weighted by atomic mass is 10.5. The zero-order valence-corrected chi connectivity index (χ0v) is 5.61. The van der Waals surface area contributed by atoms with Crippen molar-refractivity contribution >= 4 is 5.82 Å². The minimum Gasteiger partial charge on any atom is -0.358 e. The van der Waals surface area contributed by atoms with Crippen molar-refractivity contribution in [2.45, 2.75) is 6.92 Å². The van der Waals surface area contributed by atoms with Crippen LogP contribution in [0.5, 0.6) is 0 Å². The van der Waals surface area contributed by atoms with Crippen molar-refractivity contribution in [3.8, 4) is 0 Å². The van der Waals surface area contributed by atoms with Gasteiger partial charge in [0.2, 0.25) is 0 Å². The number of nitro groups is 1. The third kappa shape index (κ3) is 0.831. The summed E-state index contributed by atoms with van der Waals surface area (Å²) in [5.74, 6) is -0.0556. The Bertz CT molecular complexity index is 247. The van der Waals surface area contributed by atoms with Crippen LogP contribution in [0.15, 0.2) is 0 Å². The van der Waals surface area contributed by atoms with Crippen LogP contribution >= 0.6 is 0 Å². The van der Waals surface area contributed by atoms with Crippen molar-refractivity contribution in [2.24, 2.45) is 7.05 Å². The van der Waals surface area contributed by atoms with Gasteiger partial charge in [0.05, 0.1) is 0 Å². The Labute approximate surface area is 56.6 Å². The summed E-state index contributed by atoms with van der Waals surface area (Å²) in [6, 6.07) is 0. The first-order valence-electron chi connectivity index (χ1n) is 2.63. The molecular formula is C4H6N4O2. The van der Waals surface area contributed by atoms with E-state index < -0.39 is 4.92 Å². The molecule has 0 saturated carbocycles. The smallest absolute Gasteiger partial charge is 0.358 e. The summed E-state index contributed by atoms with van der Waals surface area (Å²) >= 11 is 0. The average molecular weight is 142 g/mol. The van der Waals surface area contributed by atoms with E-state index in [4.69, 9.17) is 0 Å². The monoisotopic (exact) mass is 142 g/mol. The summed E-state index contributed by atoms with van der Waals surface area (Å²) in [7, 11) is 1.48. The second-order valence-corrected chi connectivity index (χ2v) is 1.88. The van der Waals surface area contributed by atoms with Crippen molar-refractivity contribution in [1.29, 1.82) is 0 Å². The molecule has 6 nitrogen and oxygen atoms in total. The van der Waals surface area contributed by atoms with Gasteiger partial charge in [0.15, 0.2) is 5.69 Å². The third-order valence-corrected chi connectivity index (χ3v) is 1.13. The van der Waals surface area contributed by atoms with Crippen LogP contribution in [0.25, 0.3) is 0 Å². The molecule has 0 aliphatic rings. The summed E-state index contributed by atoms with van der Waals surface area (Å²) in [5.41, 5.74) is 0.340. The second-order valence-electron chi connectivity index (χ2n) is 1.88. The summed E-state index contributed by atoms with van der Waals surface area (Å²) < 4.78 is 1.13. The Balaban J connectivity index is 3.23. The first-order chi connectivity index (χ1) is 4.63. The minimum atomic E-state index is -0.505. The Morgan fingerprint density at radius 1 is 1.70 bits per heavy atom. The van der Waals surface area contributed by atoms with E-state index >= 15 is 0 Å². The maximum absolute atomic E-state index is 10.2. The highest BCUT2D eigenvalue weighted by atomic mass is 16.6. The van der Waals surface area contributed by atoms with Gasteiger partial charge in [-0.3, -0.25) is 0 Å². The van der Waals surface area contributed by atoms with Crippen molar-refractivity contribution < 1.29 is 4.92 Å². The number of rotatable bonds is 1. The average Bonchev–Trinajstić information content (AvgIpc) is 2.11. The molecule has 0 bridgehead atoms. The molecule has 1 rings (SSSR count). The Hall–Kier alpha value is -1.46. The predicted molar refractivity (Wildman–Crippen MR) is 32.4 cm³/mol. The summed E-state index contributed by atoms with van der Waals surface area (Å²) in [6.07, 6.45) is 0. The molecule has 0 saturated heterocycles. The fourth-order valence-corrected chi connectivity index (χ4v) is 0.706. The quantitative estimate of drug-likeness (QED) is 0.409. The van der Waals surface area contributed by atoms with E-state index in [1.54, 1.807) is 6.92 Å². The lowest BCUT2D eigenvalue weighted by molar-refractivity contribution is -0.392. The van der Waals surface area contributed by atoms with Crippen molar-refractivity contribution in [1.82, 2.24) is 15.0 Å². The summed E-state index contributed by atoms with van der Waals surface area (Å²) in [5, 5.41) is 17.2. The highest BCUT2D eigenvalue weighted by Gasteiger charge is 2.16. The summed E-state index contributed by atoms with van der Waals surface area (Å²) in [4.78, 5) is 9.70. The van der Waals surface area contributed by atoms with Gasteiger partial charge >= 0.3 is 5.82 Å². The highest BCUT2D eigenvalue weighted by molar-refractivity contribution is 5.22. The van der Waals surface area contributed by atoms with Gasteiger partial charge in [-0.25, -0.2) is 0 Å². The van der Waals surface area contributed by atoms with Crippen LogP contribution in [0.1, 0.15) is 5.69 Å². The molecule has 0 aromatic carbocycles. The Morgan fingerprint density at radius 3 is 2.50 bits per heavy atom. The Kier molecular flexibility index (Phi) is 1.37. The maximum atomic E-state index is 10.2. The zero-order chi connectivity index (χ0) is 7.72. The molecule has 0 radical (unpaired) electrons. The summed E-state index contributed by atoms with van der Waals surface area (Å²) in [6.45, 7) is 1.55. The van der Waals surface area contributed by atoms with Gasteiger partial charge in [0, 0.05) is 5.21 Å². The van der Waals surface area contributed by atoms with Gasteiger partial charge < -0.3 is 10.1 Å². The van der Waals surface area contributed by atoms with E-state index in [1.165, 1.54) is 7.05 Å². The number of hydrogen-bond acceptors (Lipinski definition) is 4. The van der Waals surface area contributed by atoms with Crippen molar-refractivity contribution in [3.05, 3.63) is 15.8 Å². The van der Waals surface area contributed by atoms with Gasteiger partial charge in [-0.2, -0.15) is 0 Å². The van der Waals surface area contributed by atoms with E-state index in [2.05, 4.69) is 10.3 Å². The molecule has 0 amide bonds. The molecule has 6 heteroatoms. The molecular weight excluding hydrogens is 136 g/mol. The molecule has 54 valence electrons. The predicted octanol–water partition coefficient (Wildman–Crippen LogP) is 0.0317. The standard InChI is InChI=1S/C4H6N4O2/c1-3-4(8(9)10)7(2)6-5-3/h1-2H3. The topological polar surface area (TPSA) is 73.8 Å². The first-order valence-corrected chi connectivity index (χ1v) is 2.63. The molecule has 0 N–H and O–H groups in total. The molecule has 0 aliphatic carbocycles. The molecule has 0 atom stereocenters. The molecule has 10 heavy (non-hydrogen) atoms. The highest BCUT2D eigenvalue weighted by Crippen LogP contribution is 2.10. The van der Waals surface area contributed by atoms with Gasteiger partial charge in [-0.15, -0.1) is 9.78 Å². The van der Waals surface area contributed by atoms with E-state index in [9.17, 15) is 10.1 Å². The molecule has 1 heterocycles. The van der Waals surface area contributed by atoms with Gasteiger partial charge in [0.25, 0.3) is 0 Å². The van der Waals surface area contributed by atoms with E-state index in [0.717, 1.165) is 4.68 Å². The minimum absolute atomic E-state index is 0.0556. The third-order valence-electron chi connectivity index (χ3n) is 1.13. The van der Waals surface area contributed by atoms with Crippen LogP contribution < -0.4 is 0 Å². The lowest BCUT2D eigenvalue weighted by Gasteiger charge is -1.90. The zero-order valence-electron chi connectivity index (χ0n) is 5.61. The van der Waals surface area contributed by atoms with Gasteiger partial charge in [0.1, 0.15) is 7.05 Å². The molecule has 1 aromatic rings. The van der Waals surface area contributed by atoms with E-state index in [1.807, 2.05) is 0 Å². The maximum Gasteiger partial charge on any atom is 0.367 e. The number of nitrogens with zero attached hydrogens (tertiary/aromatic N) is 4. The number of aryl methyl sites for hydroxylation is 2. The fourth-order valence-electron chi connectivity index (χ4n) is 0.706. The van der Waals surface area contributed by atoms with Crippen LogP contribution in [0.2, 0.25) is 0 Å². The van der Waals surface area contributed by atoms with Crippen LogP contribution in [-0.2, 0) is 7.05 Å². The van der Waals surface area contributed by atoms with Crippen LogP contribution in [0.3, 0.4) is 0 Å². The normalized spacial score (nSPS) is 9.80. The molecule has 0 unspecified atom stereocenters. The molecule has 0 fully saturated rings. The van der Waals surface area contributed by atoms with Crippen molar-refractivity contribution in [3.63, 3.8) is 0 Å². The van der Waals surface area contributed by atoms with Crippen LogP contribution in [0, 0.1) is 17.0 Å². The van der Waals surface area contributed by atoms with Gasteiger partial charge in [-0.1, -0.05) is 0 Å². The molecule has 0 spiro atoms. The Morgan fingerprint density at radius 2 is 2.30 bits per heavy atom. The molecule has 0 aliphatic heterocycles. The SMILES string of the molecule is Cc1nnn(C)c1[N+](=O)[O-]. The van der Waals surface area contributed by atoms with Crippen molar-refractivity contribution in [2.75, 3.05) is 0 Å². The first kappa shape index (κ1) is 6.66. The van der Waals surface area contributed by atoms with Gasteiger partial charge in [-0.05, 0) is 11.8 Å². The second kappa shape index (κ2) is 2.05.